The van der Waals surface area contributed by atoms with Crippen molar-refractivity contribution in [3.63, 3.8) is 0 Å². The average molecular weight is 270 g/mol. The number of halogens is 1. The Hall–Kier alpha value is -1.20. The molecule has 6 heteroatoms. The molecule has 1 fully saturated rings. The molecule has 1 aliphatic heterocycles. The van der Waals surface area contributed by atoms with Gasteiger partial charge in [0.1, 0.15) is 10.8 Å². The number of hydrogen-bond acceptors (Lipinski definition) is 4. The second-order valence-corrected chi connectivity index (χ2v) is 4.77. The fraction of sp³-hybridized carbons (Fsp3) is 0.583. The van der Waals surface area contributed by atoms with Crippen LogP contribution in [0.5, 0.6) is 0 Å². The molecule has 1 aromatic heterocycles. The normalized spacial score (nSPS) is 19.2. The standard InChI is InChI=1S/C12H16ClN3O2/c13-11-8-14-7-10(15-11)12(18)16-5-1-3-9(16)4-2-6-17/h7-9,17H,1-6H2. The van der Waals surface area contributed by atoms with Gasteiger partial charge in [-0.1, -0.05) is 11.6 Å². The van der Waals surface area contributed by atoms with Crippen LogP contribution in [-0.2, 0) is 0 Å². The van der Waals surface area contributed by atoms with Crippen LogP contribution in [0.1, 0.15) is 36.2 Å². The van der Waals surface area contributed by atoms with Gasteiger partial charge in [-0.15, -0.1) is 0 Å². The molecule has 1 unspecified atom stereocenters. The van der Waals surface area contributed by atoms with Gasteiger partial charge in [0.25, 0.3) is 5.91 Å². The summed E-state index contributed by atoms with van der Waals surface area (Å²) in [4.78, 5) is 22.0. The van der Waals surface area contributed by atoms with Gasteiger partial charge in [-0.05, 0) is 25.7 Å². The molecule has 5 nitrogen and oxygen atoms in total. The third-order valence-corrected chi connectivity index (χ3v) is 3.34. The van der Waals surface area contributed by atoms with E-state index in [4.69, 9.17) is 16.7 Å². The number of rotatable bonds is 4. The van der Waals surface area contributed by atoms with Gasteiger partial charge in [0.15, 0.2) is 0 Å². The highest BCUT2D eigenvalue weighted by Crippen LogP contribution is 2.23. The molecular weight excluding hydrogens is 254 g/mol. The van der Waals surface area contributed by atoms with Crippen LogP contribution in [0.2, 0.25) is 5.15 Å². The number of carbonyl (C=O) groups is 1. The maximum Gasteiger partial charge on any atom is 0.274 e. The second kappa shape index (κ2) is 6.11. The van der Waals surface area contributed by atoms with Crippen LogP contribution < -0.4 is 0 Å². The summed E-state index contributed by atoms with van der Waals surface area (Å²) >= 11 is 5.74. The summed E-state index contributed by atoms with van der Waals surface area (Å²) in [6, 6.07) is 0.199. The zero-order chi connectivity index (χ0) is 13.0. The Labute approximate surface area is 111 Å². The number of hydrogen-bond donors (Lipinski definition) is 1. The summed E-state index contributed by atoms with van der Waals surface area (Å²) in [6.07, 6.45) is 6.38. The zero-order valence-electron chi connectivity index (χ0n) is 10.0. The Balaban J connectivity index is 2.08. The largest absolute Gasteiger partial charge is 0.396 e. The third-order valence-electron chi connectivity index (χ3n) is 3.16. The molecular formula is C12H16ClN3O2. The van der Waals surface area contributed by atoms with Gasteiger partial charge < -0.3 is 10.0 Å². The van der Waals surface area contributed by atoms with Crippen LogP contribution in [0.4, 0.5) is 0 Å². The van der Waals surface area contributed by atoms with Gasteiger partial charge in [-0.3, -0.25) is 9.78 Å². The number of aliphatic hydroxyl groups excluding tert-OH is 1. The molecule has 98 valence electrons. The van der Waals surface area contributed by atoms with E-state index in [0.717, 1.165) is 32.2 Å². The van der Waals surface area contributed by atoms with Crippen molar-refractivity contribution in [1.29, 1.82) is 0 Å². The smallest absolute Gasteiger partial charge is 0.274 e. The fourth-order valence-electron chi connectivity index (χ4n) is 2.32. The van der Waals surface area contributed by atoms with Gasteiger partial charge in [-0.2, -0.15) is 0 Å². The zero-order valence-corrected chi connectivity index (χ0v) is 10.8. The maximum absolute atomic E-state index is 12.3. The first-order valence-corrected chi connectivity index (χ1v) is 6.49. The molecule has 0 spiro atoms. The minimum Gasteiger partial charge on any atom is -0.396 e. The van der Waals surface area contributed by atoms with Crippen molar-refractivity contribution in [2.45, 2.75) is 31.7 Å². The molecule has 0 aromatic carbocycles. The molecule has 1 atom stereocenters. The lowest BCUT2D eigenvalue weighted by Gasteiger charge is -2.24. The number of amides is 1. The summed E-state index contributed by atoms with van der Waals surface area (Å²) in [6.45, 7) is 0.901. The Morgan fingerprint density at radius 1 is 1.56 bits per heavy atom. The number of likely N-dealkylation sites (tertiary alicyclic amines) is 1. The second-order valence-electron chi connectivity index (χ2n) is 4.39. The highest BCUT2D eigenvalue weighted by molar-refractivity contribution is 6.29. The third kappa shape index (κ3) is 2.97. The van der Waals surface area contributed by atoms with Crippen LogP contribution in [0.3, 0.4) is 0 Å². The van der Waals surface area contributed by atoms with Crippen LogP contribution in [0.15, 0.2) is 12.4 Å². The summed E-state index contributed by atoms with van der Waals surface area (Å²) < 4.78 is 0. The van der Waals surface area contributed by atoms with Gasteiger partial charge >= 0.3 is 0 Å². The van der Waals surface area contributed by atoms with E-state index in [1.807, 2.05) is 4.90 Å². The molecule has 0 radical (unpaired) electrons. The lowest BCUT2D eigenvalue weighted by Crippen LogP contribution is -2.36. The van der Waals surface area contributed by atoms with E-state index in [0.29, 0.717) is 5.69 Å². The van der Waals surface area contributed by atoms with Gasteiger partial charge in [-0.25, -0.2) is 4.98 Å². The quantitative estimate of drug-likeness (QED) is 0.900. The molecule has 2 rings (SSSR count). The molecule has 2 heterocycles. The van der Waals surface area contributed by atoms with Crippen molar-refractivity contribution < 1.29 is 9.90 Å². The highest BCUT2D eigenvalue weighted by Gasteiger charge is 2.29. The van der Waals surface area contributed by atoms with E-state index in [9.17, 15) is 4.79 Å². The predicted molar refractivity (Wildman–Crippen MR) is 67.4 cm³/mol. The highest BCUT2D eigenvalue weighted by atomic mass is 35.5. The van der Waals surface area contributed by atoms with Crippen molar-refractivity contribution in [2.75, 3.05) is 13.2 Å². The van der Waals surface area contributed by atoms with Crippen molar-refractivity contribution in [1.82, 2.24) is 14.9 Å². The Kier molecular flexibility index (Phi) is 4.49. The first-order valence-electron chi connectivity index (χ1n) is 6.11. The van der Waals surface area contributed by atoms with Gasteiger partial charge in [0.05, 0.1) is 12.4 Å². The Morgan fingerprint density at radius 3 is 3.11 bits per heavy atom. The van der Waals surface area contributed by atoms with Crippen molar-refractivity contribution in [3.05, 3.63) is 23.2 Å². The molecule has 0 aliphatic carbocycles. The molecule has 1 aromatic rings. The van der Waals surface area contributed by atoms with E-state index in [1.165, 1.54) is 12.4 Å². The van der Waals surface area contributed by atoms with Crippen LogP contribution >= 0.6 is 11.6 Å². The average Bonchev–Trinajstić information content (AvgIpc) is 2.83. The van der Waals surface area contributed by atoms with E-state index in [-0.39, 0.29) is 23.7 Å². The summed E-state index contributed by atoms with van der Waals surface area (Å²) in [5.41, 5.74) is 0.290. The van der Waals surface area contributed by atoms with E-state index in [1.54, 1.807) is 0 Å². The number of aliphatic hydroxyl groups is 1. The Bertz CT molecular complexity index is 428. The summed E-state index contributed by atoms with van der Waals surface area (Å²) in [5.74, 6) is -0.120. The number of nitrogens with zero attached hydrogens (tertiary/aromatic N) is 3. The van der Waals surface area contributed by atoms with Crippen molar-refractivity contribution in [3.8, 4) is 0 Å². The maximum atomic E-state index is 12.3. The molecule has 0 saturated carbocycles. The minimum atomic E-state index is -0.120. The first kappa shape index (κ1) is 13.2. The molecule has 1 amide bonds. The van der Waals surface area contributed by atoms with E-state index >= 15 is 0 Å². The molecule has 1 saturated heterocycles. The van der Waals surface area contributed by atoms with Crippen LogP contribution in [0, 0.1) is 0 Å². The van der Waals surface area contributed by atoms with Crippen LogP contribution in [0.25, 0.3) is 0 Å². The van der Waals surface area contributed by atoms with Gasteiger partial charge in [0.2, 0.25) is 0 Å². The van der Waals surface area contributed by atoms with Crippen molar-refractivity contribution >= 4 is 17.5 Å². The van der Waals surface area contributed by atoms with Gasteiger partial charge in [0, 0.05) is 19.2 Å². The predicted octanol–water partition coefficient (Wildman–Crippen LogP) is 1.51. The molecule has 18 heavy (non-hydrogen) atoms. The lowest BCUT2D eigenvalue weighted by atomic mass is 10.1. The summed E-state index contributed by atoms with van der Waals surface area (Å²) in [5, 5.41) is 9.09. The molecule has 0 bridgehead atoms. The summed E-state index contributed by atoms with van der Waals surface area (Å²) in [7, 11) is 0. The topological polar surface area (TPSA) is 66.3 Å². The first-order chi connectivity index (χ1) is 8.72. The fourth-order valence-corrected chi connectivity index (χ4v) is 2.47. The van der Waals surface area contributed by atoms with Crippen LogP contribution in [-0.4, -0.2) is 45.1 Å². The molecule has 1 aliphatic rings. The SMILES string of the molecule is O=C(c1cncc(Cl)n1)N1CCCC1CCCO. The van der Waals surface area contributed by atoms with Crippen molar-refractivity contribution in [2.24, 2.45) is 0 Å². The Morgan fingerprint density at radius 2 is 2.39 bits per heavy atom. The lowest BCUT2D eigenvalue weighted by molar-refractivity contribution is 0.0718. The molecule has 1 N–H and O–H groups in total. The number of aromatic nitrogens is 2. The minimum absolute atomic E-state index is 0.120. The number of carbonyl (C=O) groups excluding carboxylic acids is 1. The van der Waals surface area contributed by atoms with E-state index in [2.05, 4.69) is 9.97 Å². The monoisotopic (exact) mass is 269 g/mol. The van der Waals surface area contributed by atoms with E-state index < -0.39 is 0 Å².